The summed E-state index contributed by atoms with van der Waals surface area (Å²) >= 11 is 0. The number of nitrogens with zero attached hydrogens (tertiary/aromatic N) is 3. The van der Waals surface area contributed by atoms with Crippen LogP contribution in [0.1, 0.15) is 50.5 Å². The van der Waals surface area contributed by atoms with E-state index in [1.807, 2.05) is 11.0 Å². The Labute approximate surface area is 179 Å². The first kappa shape index (κ1) is 21.3. The summed E-state index contributed by atoms with van der Waals surface area (Å²) in [5, 5.41) is 0. The molecule has 0 radical (unpaired) electrons. The second kappa shape index (κ2) is 9.90. The van der Waals surface area contributed by atoms with Gasteiger partial charge in [-0.1, -0.05) is 31.4 Å². The van der Waals surface area contributed by atoms with Crippen molar-refractivity contribution < 1.29 is 14.0 Å². The minimum atomic E-state index is -0.252. The van der Waals surface area contributed by atoms with Crippen molar-refractivity contribution in [3.05, 3.63) is 35.6 Å². The largest absolute Gasteiger partial charge is 0.342 e. The van der Waals surface area contributed by atoms with Crippen molar-refractivity contribution in [2.75, 3.05) is 39.3 Å². The van der Waals surface area contributed by atoms with E-state index in [-0.39, 0.29) is 23.5 Å². The lowest BCUT2D eigenvalue weighted by molar-refractivity contribution is -0.144. The zero-order valence-corrected chi connectivity index (χ0v) is 17.9. The van der Waals surface area contributed by atoms with E-state index < -0.39 is 0 Å². The molecule has 1 aromatic carbocycles. The Morgan fingerprint density at radius 2 is 1.80 bits per heavy atom. The van der Waals surface area contributed by atoms with E-state index in [4.69, 9.17) is 0 Å². The van der Waals surface area contributed by atoms with Gasteiger partial charge >= 0.3 is 0 Å². The van der Waals surface area contributed by atoms with Crippen molar-refractivity contribution in [3.8, 4) is 0 Å². The van der Waals surface area contributed by atoms with Gasteiger partial charge in [0.15, 0.2) is 0 Å². The molecule has 0 bridgehead atoms. The first-order chi connectivity index (χ1) is 14.6. The molecule has 0 spiro atoms. The molecule has 0 aromatic heterocycles. The van der Waals surface area contributed by atoms with E-state index in [0.29, 0.717) is 38.4 Å². The van der Waals surface area contributed by atoms with Crippen LogP contribution in [0, 0.1) is 11.7 Å². The molecule has 1 saturated carbocycles. The summed E-state index contributed by atoms with van der Waals surface area (Å²) in [6.07, 6.45) is 8.35. The SMILES string of the molecule is O=C1CC[C@@H](C(=O)N2CCN(C3CCCCC3)CC2)CN1CCc1cccc(F)c1. The van der Waals surface area contributed by atoms with Crippen LogP contribution in [0.5, 0.6) is 0 Å². The number of halogens is 1. The van der Waals surface area contributed by atoms with Gasteiger partial charge in [0.25, 0.3) is 0 Å². The van der Waals surface area contributed by atoms with Crippen LogP contribution in [0.4, 0.5) is 4.39 Å². The Morgan fingerprint density at radius 1 is 1.03 bits per heavy atom. The van der Waals surface area contributed by atoms with Crippen molar-refractivity contribution in [2.45, 2.75) is 57.4 Å². The molecule has 5 nitrogen and oxygen atoms in total. The normalized spacial score (nSPS) is 24.3. The molecule has 1 atom stereocenters. The molecular weight excluding hydrogens is 381 g/mol. The Balaban J connectivity index is 1.27. The number of carbonyl (C=O) groups excluding carboxylic acids is 2. The molecule has 3 aliphatic rings. The molecule has 2 heterocycles. The van der Waals surface area contributed by atoms with Gasteiger partial charge in [-0.3, -0.25) is 14.5 Å². The summed E-state index contributed by atoms with van der Waals surface area (Å²) in [7, 11) is 0. The molecule has 0 N–H and O–H groups in total. The molecule has 1 aromatic rings. The maximum Gasteiger partial charge on any atom is 0.227 e. The molecule has 30 heavy (non-hydrogen) atoms. The predicted octanol–water partition coefficient (Wildman–Crippen LogP) is 3.08. The van der Waals surface area contributed by atoms with Crippen LogP contribution < -0.4 is 0 Å². The molecule has 0 unspecified atom stereocenters. The van der Waals surface area contributed by atoms with Crippen LogP contribution in [-0.4, -0.2) is 71.8 Å². The first-order valence-corrected chi connectivity index (χ1v) is 11.7. The second-order valence-corrected chi connectivity index (χ2v) is 9.11. The summed E-state index contributed by atoms with van der Waals surface area (Å²) in [5.74, 6) is -0.0338. The molecule has 2 saturated heterocycles. The number of carbonyl (C=O) groups is 2. The predicted molar refractivity (Wildman–Crippen MR) is 114 cm³/mol. The lowest BCUT2D eigenvalue weighted by Gasteiger charge is -2.42. The topological polar surface area (TPSA) is 43.9 Å². The highest BCUT2D eigenvalue weighted by atomic mass is 19.1. The second-order valence-electron chi connectivity index (χ2n) is 9.11. The van der Waals surface area contributed by atoms with Crippen molar-refractivity contribution in [1.29, 1.82) is 0 Å². The Hall–Kier alpha value is -1.95. The van der Waals surface area contributed by atoms with Crippen molar-refractivity contribution in [2.24, 2.45) is 5.92 Å². The van der Waals surface area contributed by atoms with Gasteiger partial charge in [0.05, 0.1) is 5.92 Å². The molecule has 164 valence electrons. The molecule has 2 amide bonds. The lowest BCUT2D eigenvalue weighted by atomic mass is 9.93. The van der Waals surface area contributed by atoms with Crippen molar-refractivity contribution in [1.82, 2.24) is 14.7 Å². The minimum Gasteiger partial charge on any atom is -0.342 e. The van der Waals surface area contributed by atoms with E-state index in [2.05, 4.69) is 4.90 Å². The van der Waals surface area contributed by atoms with E-state index in [9.17, 15) is 14.0 Å². The fourth-order valence-corrected chi connectivity index (χ4v) is 5.30. The summed E-state index contributed by atoms with van der Waals surface area (Å²) in [4.78, 5) is 31.9. The van der Waals surface area contributed by atoms with E-state index in [0.717, 1.165) is 31.7 Å². The average molecular weight is 416 g/mol. The van der Waals surface area contributed by atoms with Gasteiger partial charge in [-0.05, 0) is 43.4 Å². The van der Waals surface area contributed by atoms with E-state index in [1.165, 1.54) is 44.2 Å². The maximum absolute atomic E-state index is 13.4. The van der Waals surface area contributed by atoms with Gasteiger partial charge in [0.1, 0.15) is 5.82 Å². The number of likely N-dealkylation sites (tertiary alicyclic amines) is 1. The third-order valence-electron chi connectivity index (χ3n) is 7.13. The Kier molecular flexibility index (Phi) is 7.03. The third kappa shape index (κ3) is 5.20. The van der Waals surface area contributed by atoms with Crippen LogP contribution in [-0.2, 0) is 16.0 Å². The Morgan fingerprint density at radius 3 is 2.53 bits per heavy atom. The quantitative estimate of drug-likeness (QED) is 0.742. The number of benzene rings is 1. The Bertz CT molecular complexity index is 742. The number of piperazine rings is 1. The molecular formula is C24H34FN3O2. The third-order valence-corrected chi connectivity index (χ3v) is 7.13. The highest BCUT2D eigenvalue weighted by Gasteiger charge is 2.34. The summed E-state index contributed by atoms with van der Waals surface area (Å²) in [5.41, 5.74) is 0.884. The highest BCUT2D eigenvalue weighted by Crippen LogP contribution is 2.25. The fraction of sp³-hybridized carbons (Fsp3) is 0.667. The smallest absolute Gasteiger partial charge is 0.227 e. The zero-order chi connectivity index (χ0) is 20.9. The van der Waals surface area contributed by atoms with Crippen LogP contribution in [0.25, 0.3) is 0 Å². The van der Waals surface area contributed by atoms with E-state index in [1.54, 1.807) is 11.0 Å². The molecule has 3 fully saturated rings. The zero-order valence-electron chi connectivity index (χ0n) is 17.9. The van der Waals surface area contributed by atoms with Gasteiger partial charge in [-0.15, -0.1) is 0 Å². The first-order valence-electron chi connectivity index (χ1n) is 11.7. The average Bonchev–Trinajstić information content (AvgIpc) is 2.79. The highest BCUT2D eigenvalue weighted by molar-refractivity contribution is 5.84. The van der Waals surface area contributed by atoms with Gasteiger partial charge in [0.2, 0.25) is 11.8 Å². The van der Waals surface area contributed by atoms with Gasteiger partial charge < -0.3 is 9.80 Å². The van der Waals surface area contributed by atoms with Crippen LogP contribution in [0.15, 0.2) is 24.3 Å². The molecule has 6 heteroatoms. The minimum absolute atomic E-state index is 0.101. The van der Waals surface area contributed by atoms with Crippen LogP contribution >= 0.6 is 0 Å². The lowest BCUT2D eigenvalue weighted by Crippen LogP contribution is -2.55. The fourth-order valence-electron chi connectivity index (χ4n) is 5.30. The summed E-state index contributed by atoms with van der Waals surface area (Å²) in [6.45, 7) is 4.61. The number of amides is 2. The summed E-state index contributed by atoms with van der Waals surface area (Å²) < 4.78 is 13.4. The van der Waals surface area contributed by atoms with Crippen molar-refractivity contribution >= 4 is 11.8 Å². The van der Waals surface area contributed by atoms with Gasteiger partial charge in [-0.25, -0.2) is 4.39 Å². The van der Waals surface area contributed by atoms with Gasteiger partial charge in [-0.2, -0.15) is 0 Å². The standard InChI is InChI=1S/C24H34FN3O2/c25-21-6-4-5-19(17-21)11-12-28-18-20(9-10-23(28)29)24(30)27-15-13-26(14-16-27)22-7-2-1-3-8-22/h4-6,17,20,22H,1-3,7-16,18H2/t20-/m1/s1. The maximum atomic E-state index is 13.4. The molecule has 2 aliphatic heterocycles. The number of hydrogen-bond acceptors (Lipinski definition) is 3. The van der Waals surface area contributed by atoms with Crippen LogP contribution in [0.3, 0.4) is 0 Å². The number of piperidine rings is 1. The molecule has 1 aliphatic carbocycles. The van der Waals surface area contributed by atoms with Crippen LogP contribution in [0.2, 0.25) is 0 Å². The molecule has 4 rings (SSSR count). The summed E-state index contributed by atoms with van der Waals surface area (Å²) in [6, 6.07) is 7.23. The monoisotopic (exact) mass is 415 g/mol. The number of hydrogen-bond donors (Lipinski definition) is 0. The van der Waals surface area contributed by atoms with Crippen molar-refractivity contribution in [3.63, 3.8) is 0 Å². The van der Waals surface area contributed by atoms with E-state index >= 15 is 0 Å². The van der Waals surface area contributed by atoms with Gasteiger partial charge in [0, 0.05) is 51.7 Å². The number of rotatable bonds is 5.